The Morgan fingerprint density at radius 3 is 2.90 bits per heavy atom. The fourth-order valence-corrected chi connectivity index (χ4v) is 4.75. The molecule has 1 aliphatic heterocycles. The summed E-state index contributed by atoms with van der Waals surface area (Å²) in [6.07, 6.45) is 3.27. The lowest BCUT2D eigenvalue weighted by molar-refractivity contribution is -0.138. The molecule has 0 radical (unpaired) electrons. The zero-order valence-electron chi connectivity index (χ0n) is 12.6. The molecule has 1 aromatic rings. The highest BCUT2D eigenvalue weighted by Crippen LogP contribution is 2.29. The van der Waals surface area contributed by atoms with E-state index in [0.717, 1.165) is 38.9 Å². The Balaban J connectivity index is 1.88. The number of hydrogen-bond acceptors (Lipinski definition) is 4. The lowest BCUT2D eigenvalue weighted by Gasteiger charge is -2.25. The summed E-state index contributed by atoms with van der Waals surface area (Å²) < 4.78 is 1.22. The van der Waals surface area contributed by atoms with Gasteiger partial charge in [-0.05, 0) is 61.8 Å². The first-order chi connectivity index (χ1) is 9.95. The van der Waals surface area contributed by atoms with Gasteiger partial charge in [0.25, 0.3) is 0 Å². The van der Waals surface area contributed by atoms with Gasteiger partial charge in [0.05, 0.1) is 6.54 Å². The van der Waals surface area contributed by atoms with E-state index < -0.39 is 5.97 Å². The molecule has 1 aromatic heterocycles. The number of carboxylic acids is 1. The molecule has 1 atom stereocenters. The van der Waals surface area contributed by atoms with Crippen LogP contribution in [0.1, 0.15) is 29.0 Å². The third-order valence-electron chi connectivity index (χ3n) is 4.05. The number of likely N-dealkylation sites (tertiary alicyclic amines) is 1. The summed E-state index contributed by atoms with van der Waals surface area (Å²) >= 11 is 5.49. The summed E-state index contributed by atoms with van der Waals surface area (Å²) in [4.78, 5) is 18.0. The summed E-state index contributed by atoms with van der Waals surface area (Å²) in [6.45, 7) is 5.41. The van der Waals surface area contributed by atoms with Crippen LogP contribution in [0.5, 0.6) is 0 Å². The highest BCUT2D eigenvalue weighted by molar-refractivity contribution is 9.10. The largest absolute Gasteiger partial charge is 0.480 e. The van der Waals surface area contributed by atoms with Gasteiger partial charge >= 0.3 is 5.97 Å². The minimum Gasteiger partial charge on any atom is -0.480 e. The van der Waals surface area contributed by atoms with E-state index in [2.05, 4.69) is 33.8 Å². The molecule has 1 saturated heterocycles. The molecule has 0 bridgehead atoms. The van der Waals surface area contributed by atoms with Crippen molar-refractivity contribution in [3.05, 3.63) is 20.3 Å². The third-order valence-corrected chi connectivity index (χ3v) is 6.05. The zero-order chi connectivity index (χ0) is 15.4. The van der Waals surface area contributed by atoms with Crippen LogP contribution in [0, 0.1) is 6.92 Å². The highest BCUT2D eigenvalue weighted by atomic mass is 79.9. The summed E-state index contributed by atoms with van der Waals surface area (Å²) in [6, 6.07) is 2.57. The number of thiophene rings is 1. The Hall–Kier alpha value is -0.430. The van der Waals surface area contributed by atoms with Gasteiger partial charge in [0.2, 0.25) is 0 Å². The highest BCUT2D eigenvalue weighted by Gasteiger charge is 2.22. The summed E-state index contributed by atoms with van der Waals surface area (Å²) in [5.41, 5.74) is 0. The Kier molecular flexibility index (Phi) is 6.22. The lowest BCUT2D eigenvalue weighted by atomic mass is 10.1. The normalized spacial score (nSPS) is 20.7. The molecule has 0 spiro atoms. The minimum absolute atomic E-state index is 0.139. The molecule has 118 valence electrons. The molecule has 1 aliphatic rings. The molecule has 0 aliphatic carbocycles. The van der Waals surface area contributed by atoms with Crippen LogP contribution in [-0.4, -0.2) is 53.6 Å². The molecule has 2 heterocycles. The van der Waals surface area contributed by atoms with Gasteiger partial charge in [-0.2, -0.15) is 0 Å². The number of halogens is 1. The fraction of sp³-hybridized carbons (Fsp3) is 0.667. The van der Waals surface area contributed by atoms with E-state index in [1.807, 2.05) is 23.3 Å². The molecule has 0 amide bonds. The second kappa shape index (κ2) is 7.72. The number of hydrogen-bond donors (Lipinski definition) is 1. The van der Waals surface area contributed by atoms with E-state index in [-0.39, 0.29) is 6.54 Å². The average molecular weight is 375 g/mol. The Morgan fingerprint density at radius 2 is 2.29 bits per heavy atom. The smallest absolute Gasteiger partial charge is 0.317 e. The molecule has 0 saturated carbocycles. The van der Waals surface area contributed by atoms with Crippen molar-refractivity contribution < 1.29 is 9.90 Å². The van der Waals surface area contributed by atoms with Gasteiger partial charge in [-0.1, -0.05) is 0 Å². The van der Waals surface area contributed by atoms with Crippen LogP contribution < -0.4 is 0 Å². The molecule has 1 unspecified atom stereocenters. The lowest BCUT2D eigenvalue weighted by Crippen LogP contribution is -2.36. The SMILES string of the molecule is Cc1cc(Br)c(CN2CCCC(N(C)CC(=O)O)CC2)s1. The van der Waals surface area contributed by atoms with Gasteiger partial charge < -0.3 is 5.11 Å². The van der Waals surface area contributed by atoms with Crippen molar-refractivity contribution in [1.29, 1.82) is 0 Å². The maximum atomic E-state index is 10.8. The predicted molar refractivity (Wildman–Crippen MR) is 89.9 cm³/mol. The number of likely N-dealkylation sites (N-methyl/N-ethyl adjacent to an activating group) is 1. The quantitative estimate of drug-likeness (QED) is 0.859. The number of aliphatic carboxylic acids is 1. The number of carboxylic acid groups (broad SMARTS) is 1. The maximum Gasteiger partial charge on any atom is 0.317 e. The Bertz CT molecular complexity index is 492. The van der Waals surface area contributed by atoms with Crippen LogP contribution in [0.3, 0.4) is 0 Å². The third kappa shape index (κ3) is 5.06. The van der Waals surface area contributed by atoms with Crippen LogP contribution in [0.15, 0.2) is 10.5 Å². The first-order valence-corrected chi connectivity index (χ1v) is 8.96. The van der Waals surface area contributed by atoms with Crippen LogP contribution >= 0.6 is 27.3 Å². The van der Waals surface area contributed by atoms with Crippen LogP contribution in [0.2, 0.25) is 0 Å². The summed E-state index contributed by atoms with van der Waals surface area (Å²) in [5, 5.41) is 8.91. The number of rotatable bonds is 5. The van der Waals surface area contributed by atoms with Gasteiger partial charge in [-0.3, -0.25) is 14.6 Å². The molecule has 2 rings (SSSR count). The van der Waals surface area contributed by atoms with E-state index in [9.17, 15) is 4.79 Å². The van der Waals surface area contributed by atoms with Gasteiger partial charge in [-0.15, -0.1) is 11.3 Å². The van der Waals surface area contributed by atoms with Crippen LogP contribution in [-0.2, 0) is 11.3 Å². The molecule has 21 heavy (non-hydrogen) atoms. The molecule has 6 heteroatoms. The zero-order valence-corrected chi connectivity index (χ0v) is 15.0. The monoisotopic (exact) mass is 374 g/mol. The second-order valence-corrected chi connectivity index (χ2v) is 7.99. The van der Waals surface area contributed by atoms with Gasteiger partial charge in [0.1, 0.15) is 0 Å². The molecule has 1 fully saturated rings. The van der Waals surface area contributed by atoms with Crippen molar-refractivity contribution in [2.75, 3.05) is 26.7 Å². The molecule has 4 nitrogen and oxygen atoms in total. The van der Waals surface area contributed by atoms with Crippen molar-refractivity contribution in [2.45, 2.75) is 38.8 Å². The van der Waals surface area contributed by atoms with E-state index in [1.54, 1.807) is 0 Å². The van der Waals surface area contributed by atoms with Crippen molar-refractivity contribution in [3.8, 4) is 0 Å². The van der Waals surface area contributed by atoms with E-state index >= 15 is 0 Å². The number of aryl methyl sites for hydroxylation is 1. The van der Waals surface area contributed by atoms with Crippen molar-refractivity contribution in [3.63, 3.8) is 0 Å². The summed E-state index contributed by atoms with van der Waals surface area (Å²) in [7, 11) is 1.92. The van der Waals surface area contributed by atoms with Crippen LogP contribution in [0.4, 0.5) is 0 Å². The predicted octanol–water partition coefficient (Wildman–Crippen LogP) is 3.19. The maximum absolute atomic E-state index is 10.8. The van der Waals surface area contributed by atoms with Crippen molar-refractivity contribution in [1.82, 2.24) is 9.80 Å². The topological polar surface area (TPSA) is 43.8 Å². The first-order valence-electron chi connectivity index (χ1n) is 7.35. The molecule has 0 aromatic carbocycles. The van der Waals surface area contributed by atoms with Gasteiger partial charge in [0.15, 0.2) is 0 Å². The molecular weight excluding hydrogens is 352 g/mol. The minimum atomic E-state index is -0.739. The van der Waals surface area contributed by atoms with E-state index in [4.69, 9.17) is 5.11 Å². The van der Waals surface area contributed by atoms with Crippen LogP contribution in [0.25, 0.3) is 0 Å². The molecular formula is C15H23BrN2O2S. The Labute approximate surface area is 138 Å². The van der Waals surface area contributed by atoms with Crippen molar-refractivity contribution >= 4 is 33.2 Å². The fourth-order valence-electron chi connectivity index (χ4n) is 2.92. The van der Waals surface area contributed by atoms with E-state index in [1.165, 1.54) is 14.2 Å². The summed E-state index contributed by atoms with van der Waals surface area (Å²) in [5.74, 6) is -0.739. The number of carbonyl (C=O) groups is 1. The first kappa shape index (κ1) is 16.9. The van der Waals surface area contributed by atoms with E-state index in [0.29, 0.717) is 6.04 Å². The second-order valence-electron chi connectivity index (χ2n) is 5.80. The molecule has 1 N–H and O–H groups in total. The number of nitrogens with zero attached hydrogens (tertiary/aromatic N) is 2. The van der Waals surface area contributed by atoms with Crippen molar-refractivity contribution in [2.24, 2.45) is 0 Å². The standard InChI is InChI=1S/C15H23BrN2O2S/c1-11-8-13(16)14(21-11)9-18-6-3-4-12(5-7-18)17(2)10-15(19)20/h8,12H,3-7,9-10H2,1-2H3,(H,19,20). The van der Waals surface area contributed by atoms with Gasteiger partial charge in [-0.25, -0.2) is 0 Å². The Morgan fingerprint density at radius 1 is 1.52 bits per heavy atom. The average Bonchev–Trinajstić information content (AvgIpc) is 2.61. The van der Waals surface area contributed by atoms with Gasteiger partial charge in [0, 0.05) is 33.4 Å².